The number of carboxylic acid groups (broad SMARTS) is 1. The third kappa shape index (κ3) is 2.63. The molecule has 0 aliphatic heterocycles. The summed E-state index contributed by atoms with van der Waals surface area (Å²) in [6, 6.07) is 8.61. The van der Waals surface area contributed by atoms with E-state index in [9.17, 15) is 4.79 Å². The first-order valence-corrected chi connectivity index (χ1v) is 6.01. The van der Waals surface area contributed by atoms with Crippen molar-refractivity contribution < 1.29 is 9.90 Å². The van der Waals surface area contributed by atoms with Crippen molar-refractivity contribution in [2.75, 3.05) is 0 Å². The monoisotopic (exact) mass is 218 g/mol. The first kappa shape index (κ1) is 11.2. The summed E-state index contributed by atoms with van der Waals surface area (Å²) in [7, 11) is 0. The Balaban J connectivity index is 1.89. The van der Waals surface area contributed by atoms with E-state index in [1.165, 1.54) is 17.5 Å². The van der Waals surface area contributed by atoms with Crippen LogP contribution in [-0.2, 0) is 17.6 Å². The Labute approximate surface area is 96.3 Å². The molecule has 2 heteroatoms. The molecule has 2 nitrogen and oxygen atoms in total. The highest BCUT2D eigenvalue weighted by Crippen LogP contribution is 2.41. The molecule has 86 valence electrons. The standard InChI is InChI=1S/C14H18O2/c1-2-3-10-4-6-11(7-5-10)8-12-9-13(12)14(15)16/h4-7,12-13H,2-3,8-9H2,1H3,(H,15,16)/t12-,13-/m1/s1. The summed E-state index contributed by atoms with van der Waals surface area (Å²) in [6.45, 7) is 2.18. The van der Waals surface area contributed by atoms with Crippen LogP contribution in [0.15, 0.2) is 24.3 Å². The van der Waals surface area contributed by atoms with Crippen LogP contribution in [0.4, 0.5) is 0 Å². The van der Waals surface area contributed by atoms with Gasteiger partial charge >= 0.3 is 5.97 Å². The lowest BCUT2D eigenvalue weighted by Crippen LogP contribution is -2.01. The Morgan fingerprint density at radius 1 is 1.31 bits per heavy atom. The highest BCUT2D eigenvalue weighted by Gasteiger charge is 2.42. The first-order chi connectivity index (χ1) is 7.70. The van der Waals surface area contributed by atoms with Crippen LogP contribution in [-0.4, -0.2) is 11.1 Å². The van der Waals surface area contributed by atoms with Gasteiger partial charge in [0.05, 0.1) is 5.92 Å². The van der Waals surface area contributed by atoms with Gasteiger partial charge in [-0.15, -0.1) is 0 Å². The lowest BCUT2D eigenvalue weighted by atomic mass is 10.0. The average molecular weight is 218 g/mol. The molecule has 1 saturated carbocycles. The molecule has 1 aromatic carbocycles. The van der Waals surface area contributed by atoms with Gasteiger partial charge in [0.15, 0.2) is 0 Å². The van der Waals surface area contributed by atoms with Crippen molar-refractivity contribution in [3.63, 3.8) is 0 Å². The second-order valence-corrected chi connectivity index (χ2v) is 4.71. The van der Waals surface area contributed by atoms with E-state index in [0.29, 0.717) is 5.92 Å². The topological polar surface area (TPSA) is 37.3 Å². The second kappa shape index (κ2) is 4.69. The van der Waals surface area contributed by atoms with Gasteiger partial charge in [0.25, 0.3) is 0 Å². The summed E-state index contributed by atoms with van der Waals surface area (Å²) < 4.78 is 0. The Morgan fingerprint density at radius 3 is 2.44 bits per heavy atom. The lowest BCUT2D eigenvalue weighted by molar-refractivity contribution is -0.138. The van der Waals surface area contributed by atoms with E-state index < -0.39 is 5.97 Å². The molecule has 0 bridgehead atoms. The van der Waals surface area contributed by atoms with E-state index in [1.807, 2.05) is 0 Å². The highest BCUT2D eigenvalue weighted by molar-refractivity contribution is 5.73. The van der Waals surface area contributed by atoms with Crippen LogP contribution >= 0.6 is 0 Å². The molecule has 1 aromatic rings. The molecule has 0 unspecified atom stereocenters. The smallest absolute Gasteiger partial charge is 0.306 e. The van der Waals surface area contributed by atoms with Crippen LogP contribution < -0.4 is 0 Å². The molecule has 1 fully saturated rings. The maximum atomic E-state index is 10.7. The van der Waals surface area contributed by atoms with Crippen molar-refractivity contribution in [3.8, 4) is 0 Å². The van der Waals surface area contributed by atoms with Gasteiger partial charge in [-0.2, -0.15) is 0 Å². The number of hydrogen-bond acceptors (Lipinski definition) is 1. The summed E-state index contributed by atoms with van der Waals surface area (Å²) in [5.41, 5.74) is 2.64. The molecule has 0 saturated heterocycles. The van der Waals surface area contributed by atoms with E-state index in [4.69, 9.17) is 5.11 Å². The van der Waals surface area contributed by atoms with Gasteiger partial charge in [0.1, 0.15) is 0 Å². The largest absolute Gasteiger partial charge is 0.481 e. The minimum absolute atomic E-state index is 0.0877. The van der Waals surface area contributed by atoms with Gasteiger partial charge in [0, 0.05) is 0 Å². The maximum absolute atomic E-state index is 10.7. The van der Waals surface area contributed by atoms with Crippen molar-refractivity contribution in [3.05, 3.63) is 35.4 Å². The average Bonchev–Trinajstić information content (AvgIpc) is 3.01. The van der Waals surface area contributed by atoms with Crippen molar-refractivity contribution in [1.29, 1.82) is 0 Å². The van der Waals surface area contributed by atoms with Gasteiger partial charge in [0.2, 0.25) is 0 Å². The number of aliphatic carboxylic acids is 1. The molecular weight excluding hydrogens is 200 g/mol. The van der Waals surface area contributed by atoms with E-state index in [1.54, 1.807) is 0 Å². The van der Waals surface area contributed by atoms with Crippen LogP contribution in [0.3, 0.4) is 0 Å². The molecule has 0 amide bonds. The zero-order valence-electron chi connectivity index (χ0n) is 9.65. The van der Waals surface area contributed by atoms with Gasteiger partial charge in [-0.3, -0.25) is 4.79 Å². The van der Waals surface area contributed by atoms with E-state index in [2.05, 4.69) is 31.2 Å². The summed E-state index contributed by atoms with van der Waals surface area (Å²) in [4.78, 5) is 10.7. The van der Waals surface area contributed by atoms with Gasteiger partial charge in [-0.05, 0) is 36.3 Å². The molecule has 0 heterocycles. The summed E-state index contributed by atoms with van der Waals surface area (Å²) in [5.74, 6) is -0.350. The Hall–Kier alpha value is -1.31. The zero-order valence-corrected chi connectivity index (χ0v) is 9.65. The summed E-state index contributed by atoms with van der Waals surface area (Å²) in [5, 5.41) is 8.82. The van der Waals surface area contributed by atoms with E-state index >= 15 is 0 Å². The fourth-order valence-electron chi connectivity index (χ4n) is 2.21. The van der Waals surface area contributed by atoms with Crippen molar-refractivity contribution in [2.45, 2.75) is 32.6 Å². The molecule has 0 spiro atoms. The first-order valence-electron chi connectivity index (χ1n) is 6.01. The number of benzene rings is 1. The summed E-state index contributed by atoms with van der Waals surface area (Å²) >= 11 is 0. The van der Waals surface area contributed by atoms with Crippen molar-refractivity contribution >= 4 is 5.97 Å². The maximum Gasteiger partial charge on any atom is 0.306 e. The molecular formula is C14H18O2. The molecule has 16 heavy (non-hydrogen) atoms. The van der Waals surface area contributed by atoms with Crippen molar-refractivity contribution in [2.24, 2.45) is 11.8 Å². The van der Waals surface area contributed by atoms with E-state index in [-0.39, 0.29) is 5.92 Å². The van der Waals surface area contributed by atoms with E-state index in [0.717, 1.165) is 19.3 Å². The Kier molecular flexibility index (Phi) is 3.28. The minimum Gasteiger partial charge on any atom is -0.481 e. The fraction of sp³-hybridized carbons (Fsp3) is 0.500. The number of hydrogen-bond donors (Lipinski definition) is 1. The summed E-state index contributed by atoms with van der Waals surface area (Å²) in [6.07, 6.45) is 4.07. The number of rotatable bonds is 5. The third-order valence-electron chi connectivity index (χ3n) is 3.30. The lowest BCUT2D eigenvalue weighted by Gasteiger charge is -2.02. The van der Waals surface area contributed by atoms with Gasteiger partial charge < -0.3 is 5.11 Å². The molecule has 1 aliphatic rings. The van der Waals surface area contributed by atoms with Crippen LogP contribution in [0, 0.1) is 11.8 Å². The SMILES string of the molecule is CCCc1ccc(C[C@@H]2C[C@H]2C(=O)O)cc1. The molecule has 2 atom stereocenters. The number of aryl methyl sites for hydroxylation is 1. The van der Waals surface area contributed by atoms with Crippen LogP contribution in [0.2, 0.25) is 0 Å². The molecule has 1 aliphatic carbocycles. The fourth-order valence-corrected chi connectivity index (χ4v) is 2.21. The minimum atomic E-state index is -0.632. The zero-order chi connectivity index (χ0) is 11.5. The highest BCUT2D eigenvalue weighted by atomic mass is 16.4. The number of carboxylic acids is 1. The van der Waals surface area contributed by atoms with Crippen molar-refractivity contribution in [1.82, 2.24) is 0 Å². The van der Waals surface area contributed by atoms with Crippen LogP contribution in [0.1, 0.15) is 30.9 Å². The van der Waals surface area contributed by atoms with Gasteiger partial charge in [-0.1, -0.05) is 37.6 Å². The van der Waals surface area contributed by atoms with Crippen LogP contribution in [0.25, 0.3) is 0 Å². The Morgan fingerprint density at radius 2 is 1.94 bits per heavy atom. The third-order valence-corrected chi connectivity index (χ3v) is 3.30. The number of carbonyl (C=O) groups is 1. The van der Waals surface area contributed by atoms with Crippen LogP contribution in [0.5, 0.6) is 0 Å². The molecule has 0 radical (unpaired) electrons. The predicted octanol–water partition coefficient (Wildman–Crippen LogP) is 2.90. The van der Waals surface area contributed by atoms with Gasteiger partial charge in [-0.25, -0.2) is 0 Å². The predicted molar refractivity (Wildman–Crippen MR) is 63.4 cm³/mol. The Bertz CT molecular complexity index is 367. The molecule has 2 rings (SSSR count). The quantitative estimate of drug-likeness (QED) is 0.825. The molecule has 1 N–H and O–H groups in total. The molecule has 0 aromatic heterocycles. The second-order valence-electron chi connectivity index (χ2n) is 4.71. The normalized spacial score (nSPS) is 23.1.